The summed E-state index contributed by atoms with van der Waals surface area (Å²) in [6.45, 7) is 8.44. The lowest BCUT2D eigenvalue weighted by Gasteiger charge is -2.41. The van der Waals surface area contributed by atoms with Gasteiger partial charge in [0.05, 0.1) is 43.7 Å². The molecule has 52 heavy (non-hydrogen) atoms. The van der Waals surface area contributed by atoms with Gasteiger partial charge in [-0.05, 0) is 113 Å². The van der Waals surface area contributed by atoms with Crippen LogP contribution in [0.2, 0.25) is 0 Å². The van der Waals surface area contributed by atoms with E-state index in [0.717, 1.165) is 51.7 Å². The number of nitrogens with zero attached hydrogens (tertiary/aromatic N) is 5. The summed E-state index contributed by atoms with van der Waals surface area (Å²) in [5, 5.41) is 13.0. The van der Waals surface area contributed by atoms with Crippen LogP contribution in [0.15, 0.2) is 59.6 Å². The number of hydrogen-bond acceptors (Lipinski definition) is 10. The van der Waals surface area contributed by atoms with Gasteiger partial charge in [0.2, 0.25) is 5.88 Å². The highest BCUT2D eigenvalue weighted by Crippen LogP contribution is 2.50. The fourth-order valence-corrected chi connectivity index (χ4v) is 9.55. The number of ether oxygens (including phenoxy) is 3. The van der Waals surface area contributed by atoms with E-state index in [4.69, 9.17) is 14.2 Å². The third-order valence-electron chi connectivity index (χ3n) is 10.6. The molecule has 2 fully saturated rings. The molecule has 1 N–H and O–H groups in total. The third-order valence-corrected chi connectivity index (χ3v) is 12.3. The van der Waals surface area contributed by atoms with Crippen molar-refractivity contribution < 1.29 is 32.2 Å². The Morgan fingerprint density at radius 3 is 2.33 bits per heavy atom. The molecule has 1 atom stereocenters. The molecule has 1 unspecified atom stereocenters. The van der Waals surface area contributed by atoms with Crippen molar-refractivity contribution in [3.05, 3.63) is 71.4 Å². The Morgan fingerprint density at radius 1 is 0.981 bits per heavy atom. The first kappa shape index (κ1) is 36.9. The molecule has 14 heteroatoms. The molecule has 1 aromatic heterocycles. The Hall–Kier alpha value is -4.87. The van der Waals surface area contributed by atoms with Crippen LogP contribution in [0.4, 0.5) is 10.5 Å². The number of carbonyl (C=O) groups excluding carboxylic acids is 2. The van der Waals surface area contributed by atoms with Crippen molar-refractivity contribution in [3.8, 4) is 23.4 Å². The van der Waals surface area contributed by atoms with Crippen molar-refractivity contribution in [2.24, 2.45) is 11.8 Å². The molecule has 0 radical (unpaired) electrons. The summed E-state index contributed by atoms with van der Waals surface area (Å²) in [6, 6.07) is 13.2. The van der Waals surface area contributed by atoms with E-state index in [1.54, 1.807) is 24.0 Å². The second-order valence-corrected chi connectivity index (χ2v) is 15.2. The summed E-state index contributed by atoms with van der Waals surface area (Å²) in [5.74, 6) is 0.477. The predicted molar refractivity (Wildman–Crippen MR) is 194 cm³/mol. The van der Waals surface area contributed by atoms with Crippen LogP contribution in [0.5, 0.6) is 17.4 Å². The minimum atomic E-state index is -4.69. The van der Waals surface area contributed by atoms with Gasteiger partial charge in [0, 0.05) is 30.9 Å². The molecule has 13 nitrogen and oxygen atoms in total. The summed E-state index contributed by atoms with van der Waals surface area (Å²) in [7, 11) is -1.93. The Morgan fingerprint density at radius 2 is 1.69 bits per heavy atom. The van der Waals surface area contributed by atoms with Crippen LogP contribution in [-0.4, -0.2) is 88.7 Å². The lowest BCUT2D eigenvalue weighted by molar-refractivity contribution is -0.121. The molecular weight excluding hydrogens is 685 g/mol. The molecule has 4 heterocycles. The highest BCUT2D eigenvalue weighted by molar-refractivity contribution is 7.93. The van der Waals surface area contributed by atoms with E-state index in [1.807, 2.05) is 0 Å². The lowest BCUT2D eigenvalue weighted by Crippen LogP contribution is -2.58. The van der Waals surface area contributed by atoms with E-state index in [2.05, 4.69) is 28.2 Å². The van der Waals surface area contributed by atoms with Crippen molar-refractivity contribution >= 4 is 27.6 Å². The predicted octanol–water partition coefficient (Wildman–Crippen LogP) is 4.89. The molecule has 0 aliphatic carbocycles. The van der Waals surface area contributed by atoms with E-state index in [1.165, 1.54) is 56.8 Å². The van der Waals surface area contributed by atoms with Gasteiger partial charge in [0.25, 0.3) is 15.9 Å². The smallest absolute Gasteiger partial charge is 0.318 e. The van der Waals surface area contributed by atoms with E-state index in [0.29, 0.717) is 35.0 Å². The maximum Gasteiger partial charge on any atom is 0.318 e. The molecule has 0 saturated carbocycles. The van der Waals surface area contributed by atoms with Crippen molar-refractivity contribution in [3.63, 3.8) is 0 Å². The van der Waals surface area contributed by atoms with Gasteiger partial charge in [-0.25, -0.2) is 18.2 Å². The van der Waals surface area contributed by atoms with Gasteiger partial charge < -0.3 is 29.3 Å². The SMILES string of the molecule is CCCN1CCC(C2CCN(C(=O)NC3(c4cccnc4OCC)C(=O)N(S(=O)(=O)c4ccc(OC)cc4OC)c4ccc(C#N)cc43)CC2)CC1. The molecular formula is C38H46N6O7S. The minimum absolute atomic E-state index is 0.0263. The molecule has 2 saturated heterocycles. The van der Waals surface area contributed by atoms with Gasteiger partial charge in [-0.3, -0.25) is 4.79 Å². The number of hydrogen-bond donors (Lipinski definition) is 1. The highest BCUT2D eigenvalue weighted by Gasteiger charge is 2.59. The number of aromatic nitrogens is 1. The van der Waals surface area contributed by atoms with Gasteiger partial charge in [-0.1, -0.05) is 6.92 Å². The van der Waals surface area contributed by atoms with Crippen LogP contribution >= 0.6 is 0 Å². The molecule has 0 spiro atoms. The first-order valence-electron chi connectivity index (χ1n) is 17.9. The number of likely N-dealkylation sites (tertiary alicyclic amines) is 2. The number of piperidine rings is 2. The quantitative estimate of drug-likeness (QED) is 0.289. The second kappa shape index (κ2) is 15.4. The van der Waals surface area contributed by atoms with Crippen LogP contribution < -0.4 is 23.8 Å². The van der Waals surface area contributed by atoms with Crippen LogP contribution in [0.1, 0.15) is 62.6 Å². The number of nitriles is 1. The van der Waals surface area contributed by atoms with Gasteiger partial charge in [0.1, 0.15) is 16.4 Å². The fourth-order valence-electron chi connectivity index (χ4n) is 7.94. The van der Waals surface area contributed by atoms with Crippen molar-refractivity contribution in [1.82, 2.24) is 20.1 Å². The number of fused-ring (bicyclic) bond motifs is 1. The maximum absolute atomic E-state index is 15.2. The average Bonchev–Trinajstić information content (AvgIpc) is 3.42. The normalized spacial score (nSPS) is 19.9. The largest absolute Gasteiger partial charge is 0.497 e. The lowest BCUT2D eigenvalue weighted by atomic mass is 9.78. The summed E-state index contributed by atoms with van der Waals surface area (Å²) >= 11 is 0. The Labute approximate surface area is 305 Å². The number of urea groups is 1. The monoisotopic (exact) mass is 730 g/mol. The zero-order valence-electron chi connectivity index (χ0n) is 30.1. The van der Waals surface area contributed by atoms with Crippen LogP contribution in [0.25, 0.3) is 0 Å². The van der Waals surface area contributed by atoms with Gasteiger partial charge in [-0.2, -0.15) is 9.57 Å². The summed E-state index contributed by atoms with van der Waals surface area (Å²) in [4.78, 5) is 38.0. The molecule has 3 amide bonds. The second-order valence-electron chi connectivity index (χ2n) is 13.4. The molecule has 3 aliphatic heterocycles. The molecule has 3 aromatic rings. The number of benzene rings is 2. The Bertz CT molecular complexity index is 1950. The molecule has 0 bridgehead atoms. The highest BCUT2D eigenvalue weighted by atomic mass is 32.2. The Balaban J connectivity index is 1.40. The number of carbonyl (C=O) groups is 2. The van der Waals surface area contributed by atoms with E-state index in [-0.39, 0.29) is 45.5 Å². The van der Waals surface area contributed by atoms with Crippen LogP contribution in [-0.2, 0) is 20.4 Å². The van der Waals surface area contributed by atoms with Crippen LogP contribution in [0.3, 0.4) is 0 Å². The molecule has 2 aromatic carbocycles. The Kier molecular flexibility index (Phi) is 10.9. The zero-order chi connectivity index (χ0) is 37.0. The van der Waals surface area contributed by atoms with Gasteiger partial charge in [0.15, 0.2) is 5.54 Å². The standard InChI is InChI=1S/C38H46N6O7S/c1-5-18-42-19-13-27(14-20-42)28-15-21-43(22-16-28)37(46)41-38(30-8-7-17-40-35(30)51-6-2)31-23-26(25-39)9-11-32(31)44(36(38)45)52(47,48)34-12-10-29(49-3)24-33(34)50-4/h7-12,17,23-24,27-28H,5-6,13-16,18-22H2,1-4H3,(H,41,46). The number of anilines is 1. The number of rotatable bonds is 11. The fraction of sp³-hybridized carbons (Fsp3) is 0.474. The summed E-state index contributed by atoms with van der Waals surface area (Å²) in [6.07, 6.45) is 6.60. The van der Waals surface area contributed by atoms with Gasteiger partial charge in [-0.15, -0.1) is 0 Å². The number of sulfonamides is 1. The average molecular weight is 731 g/mol. The maximum atomic E-state index is 15.2. The first-order valence-corrected chi connectivity index (χ1v) is 19.3. The first-order chi connectivity index (χ1) is 25.1. The number of pyridine rings is 1. The zero-order valence-corrected chi connectivity index (χ0v) is 30.9. The van der Waals surface area contributed by atoms with E-state index >= 15 is 4.79 Å². The molecule has 6 rings (SSSR count). The van der Waals surface area contributed by atoms with Crippen molar-refractivity contribution in [1.29, 1.82) is 5.26 Å². The number of nitrogens with one attached hydrogen (secondary N) is 1. The summed E-state index contributed by atoms with van der Waals surface area (Å²) in [5.41, 5.74) is -1.75. The topological polar surface area (TPSA) is 154 Å². The van der Waals surface area contributed by atoms with Crippen molar-refractivity contribution in [2.45, 2.75) is 56.4 Å². The number of methoxy groups -OCH3 is 2. The van der Waals surface area contributed by atoms with Gasteiger partial charge >= 0.3 is 6.03 Å². The van der Waals surface area contributed by atoms with E-state index in [9.17, 15) is 18.5 Å². The van der Waals surface area contributed by atoms with E-state index < -0.39 is 27.5 Å². The third kappa shape index (κ3) is 6.63. The molecule has 276 valence electrons. The minimum Gasteiger partial charge on any atom is -0.497 e. The number of amides is 3. The summed E-state index contributed by atoms with van der Waals surface area (Å²) < 4.78 is 46.6. The van der Waals surface area contributed by atoms with Crippen LogP contribution in [0, 0.1) is 23.2 Å². The van der Waals surface area contributed by atoms with Crippen molar-refractivity contribution in [2.75, 3.05) is 57.9 Å². The molecule has 3 aliphatic rings.